The summed E-state index contributed by atoms with van der Waals surface area (Å²) in [6, 6.07) is 0. The van der Waals surface area contributed by atoms with E-state index in [9.17, 15) is 0 Å². The van der Waals surface area contributed by atoms with Gasteiger partial charge in [-0.2, -0.15) is 0 Å². The average Bonchev–Trinajstić information content (AvgIpc) is 1.69. The second kappa shape index (κ2) is 3.98. The van der Waals surface area contributed by atoms with Gasteiger partial charge in [0, 0.05) is 0 Å². The molecule has 0 atom stereocenters. The fourth-order valence-corrected chi connectivity index (χ4v) is 0.600. The van der Waals surface area contributed by atoms with Gasteiger partial charge < -0.3 is 0 Å². The van der Waals surface area contributed by atoms with E-state index in [1.165, 1.54) is 0 Å². The Hall–Kier alpha value is 0.0495. The van der Waals surface area contributed by atoms with Gasteiger partial charge in [0.25, 0.3) is 0 Å². The zero-order chi connectivity index (χ0) is 5.11. The molecule has 0 aromatic rings. The summed E-state index contributed by atoms with van der Waals surface area (Å²) < 4.78 is 0. The van der Waals surface area contributed by atoms with Crippen molar-refractivity contribution in [1.29, 1.82) is 0 Å². The number of thiol groups is 1. The second-order valence-corrected chi connectivity index (χ2v) is 1.85. The van der Waals surface area contributed by atoms with Gasteiger partial charge in [0.2, 0.25) is 12.2 Å². The van der Waals surface area contributed by atoms with Crippen molar-refractivity contribution in [3.8, 4) is 0 Å². The summed E-state index contributed by atoms with van der Waals surface area (Å²) in [5.41, 5.74) is 0. The summed E-state index contributed by atoms with van der Waals surface area (Å²) >= 11 is 4.08. The largest absolute Gasteiger partial charge is 3.00 e. The Bertz CT molecular complexity index is 139. The quantitative estimate of drug-likeness (QED) is 0.208. The first-order chi connectivity index (χ1) is 3.39. The third-order valence-electron chi connectivity index (χ3n) is 0.756. The van der Waals surface area contributed by atoms with Crippen LogP contribution < -0.4 is 5.32 Å². The summed E-state index contributed by atoms with van der Waals surface area (Å²) in [4.78, 5) is 1.02. The zero-order valence-corrected chi connectivity index (χ0v) is 6.19. The fourth-order valence-electron chi connectivity index (χ4n) is 0.428. The first kappa shape index (κ1) is 8.05. The van der Waals surface area contributed by atoms with Gasteiger partial charge in [0.05, 0.1) is 6.08 Å². The van der Waals surface area contributed by atoms with E-state index in [0.717, 1.165) is 4.99 Å². The molecule has 1 heterocycles. The van der Waals surface area contributed by atoms with Crippen molar-refractivity contribution in [2.45, 2.75) is 0 Å². The van der Waals surface area contributed by atoms with Crippen LogP contribution in [0.3, 0.4) is 0 Å². The minimum Gasteiger partial charge on any atom is -0.239 e. The van der Waals surface area contributed by atoms with Crippen LogP contribution in [0.4, 0.5) is 0 Å². The third kappa shape index (κ3) is 2.38. The predicted molar refractivity (Wildman–Crippen MR) is 34.0 cm³/mol. The van der Waals surface area contributed by atoms with Gasteiger partial charge in [-0.1, -0.05) is 0 Å². The summed E-state index contributed by atoms with van der Waals surface area (Å²) in [6.45, 7) is 0. The number of rotatable bonds is 0. The molecule has 0 saturated carbocycles. The van der Waals surface area contributed by atoms with Gasteiger partial charge in [-0.15, -0.1) is 0 Å². The van der Waals surface area contributed by atoms with Crippen LogP contribution in [0.5, 0.6) is 0 Å². The van der Waals surface area contributed by atoms with Gasteiger partial charge in [0.1, 0.15) is 6.20 Å². The summed E-state index contributed by atoms with van der Waals surface area (Å²) in [6.07, 6.45) is 7.84. The molecule has 0 fully saturated rings. The van der Waals surface area contributed by atoms with Crippen molar-refractivity contribution in [2.24, 2.45) is 0 Å². The van der Waals surface area contributed by atoms with Crippen molar-refractivity contribution in [2.75, 3.05) is 0 Å². The predicted octanol–water partition coefficient (Wildman–Crippen LogP) is -0.960. The van der Waals surface area contributed by atoms with Gasteiger partial charge in [-0.05, 0) is 12.2 Å². The molecule has 0 spiro atoms. The molecule has 1 aliphatic heterocycles. The smallest absolute Gasteiger partial charge is 0.239 e. The van der Waals surface area contributed by atoms with E-state index >= 15 is 0 Å². The molecule has 0 aromatic heterocycles. The SMILES string of the molecule is [Fe+3].[SH+]=C1C=CC=C[NH2+]1. The van der Waals surface area contributed by atoms with Crippen LogP contribution in [0.1, 0.15) is 0 Å². The molecule has 3 heteroatoms. The van der Waals surface area contributed by atoms with E-state index in [1.54, 1.807) is 0 Å². The van der Waals surface area contributed by atoms with E-state index in [-0.39, 0.29) is 17.1 Å². The van der Waals surface area contributed by atoms with Crippen LogP contribution >= 0.6 is 0 Å². The molecule has 0 saturated heterocycles. The monoisotopic (exact) mass is 169 g/mol. The molecule has 8 heavy (non-hydrogen) atoms. The van der Waals surface area contributed by atoms with Crippen LogP contribution in [0.2, 0.25) is 0 Å². The van der Waals surface area contributed by atoms with Crippen LogP contribution in [-0.2, 0) is 29.3 Å². The number of hydrogen-bond acceptors (Lipinski definition) is 0. The number of allylic oxidation sites excluding steroid dienone is 2. The number of hydrogen-bond donors (Lipinski definition) is 1. The van der Waals surface area contributed by atoms with E-state index in [2.05, 4.69) is 12.2 Å². The molecule has 1 nitrogen and oxygen atoms in total. The van der Waals surface area contributed by atoms with E-state index in [0.29, 0.717) is 0 Å². The topological polar surface area (TPSA) is 16.6 Å². The average molecular weight is 169 g/mol. The maximum atomic E-state index is 4.08. The summed E-state index contributed by atoms with van der Waals surface area (Å²) in [5, 5.41) is 1.95. The minimum atomic E-state index is 0. The first-order valence-corrected chi connectivity index (χ1v) is 2.58. The molecule has 2 N–H and O–H groups in total. The Morgan fingerprint density at radius 1 is 1.38 bits per heavy atom. The maximum absolute atomic E-state index is 4.08. The molecular formula is C5H7FeNS+5. The Morgan fingerprint density at radius 2 is 2.12 bits per heavy atom. The Kier molecular flexibility index (Phi) is 4.01. The standard InChI is InChI=1S/C5H5NS.Fe/c7-5-3-1-2-4-6-5;/h1-4H,(H,6,7);/q;+3/p+2. The third-order valence-corrected chi connectivity index (χ3v) is 1.05. The normalized spacial score (nSPS) is 15.8. The Morgan fingerprint density at radius 3 is 2.38 bits per heavy atom. The fraction of sp³-hybridized carbons (Fsp3) is 0. The maximum Gasteiger partial charge on any atom is 3.00 e. The zero-order valence-electron chi connectivity index (χ0n) is 4.19. The summed E-state index contributed by atoms with van der Waals surface area (Å²) in [7, 11) is 0. The number of quaternary nitrogens is 1. The molecule has 1 rings (SSSR count). The van der Waals surface area contributed by atoms with Crippen molar-refractivity contribution in [3.63, 3.8) is 0 Å². The molecular weight excluding hydrogens is 162 g/mol. The van der Waals surface area contributed by atoms with E-state index in [4.69, 9.17) is 0 Å². The van der Waals surface area contributed by atoms with E-state index in [1.807, 2.05) is 29.7 Å². The second-order valence-electron chi connectivity index (χ2n) is 1.34. The van der Waals surface area contributed by atoms with Crippen molar-refractivity contribution in [3.05, 3.63) is 24.4 Å². The minimum absolute atomic E-state index is 0. The Balaban J connectivity index is 0.000000490. The summed E-state index contributed by atoms with van der Waals surface area (Å²) in [5.74, 6) is 0. The Labute approximate surface area is 64.3 Å². The van der Waals surface area contributed by atoms with Crippen LogP contribution in [-0.4, -0.2) is 4.99 Å². The molecule has 0 unspecified atom stereocenters. The molecule has 41 valence electrons. The molecule has 0 bridgehead atoms. The molecule has 0 aliphatic carbocycles. The van der Waals surface area contributed by atoms with Crippen LogP contribution in [0.15, 0.2) is 24.4 Å². The number of nitrogens with two attached hydrogens (primary N) is 1. The van der Waals surface area contributed by atoms with Crippen LogP contribution in [0, 0.1) is 0 Å². The molecule has 0 aromatic carbocycles. The van der Waals surface area contributed by atoms with Crippen molar-refractivity contribution < 1.29 is 22.4 Å². The van der Waals surface area contributed by atoms with Gasteiger partial charge in [-0.3, -0.25) is 0 Å². The molecule has 0 amide bonds. The van der Waals surface area contributed by atoms with E-state index < -0.39 is 0 Å². The molecule has 1 radical (unpaired) electrons. The first-order valence-electron chi connectivity index (χ1n) is 2.13. The van der Waals surface area contributed by atoms with Gasteiger partial charge >= 0.3 is 22.1 Å². The van der Waals surface area contributed by atoms with Crippen LogP contribution in [0.25, 0.3) is 0 Å². The van der Waals surface area contributed by atoms with Crippen molar-refractivity contribution >= 4 is 17.2 Å². The van der Waals surface area contributed by atoms with Gasteiger partial charge in [0.15, 0.2) is 0 Å². The molecule has 1 aliphatic rings. The van der Waals surface area contributed by atoms with Gasteiger partial charge in [-0.25, -0.2) is 5.32 Å². The van der Waals surface area contributed by atoms with Crippen molar-refractivity contribution in [1.82, 2.24) is 0 Å².